The van der Waals surface area contributed by atoms with E-state index in [0.29, 0.717) is 0 Å². The van der Waals surface area contributed by atoms with E-state index in [9.17, 15) is 4.79 Å². The molecule has 1 aromatic heterocycles. The number of nitrogens with zero attached hydrogens (tertiary/aromatic N) is 4. The lowest BCUT2D eigenvalue weighted by Gasteiger charge is -2.15. The van der Waals surface area contributed by atoms with Gasteiger partial charge in [-0.3, -0.25) is 10.1 Å². The third-order valence-corrected chi connectivity index (χ3v) is 1.41. The molecular formula is C7H13N5O. The molecule has 0 atom stereocenters. The summed E-state index contributed by atoms with van der Waals surface area (Å²) in [6.45, 7) is 5.45. The van der Waals surface area contributed by atoms with Crippen molar-refractivity contribution in [2.45, 2.75) is 20.8 Å². The van der Waals surface area contributed by atoms with Gasteiger partial charge in [-0.25, -0.2) is 0 Å². The lowest BCUT2D eigenvalue weighted by molar-refractivity contribution is -0.123. The van der Waals surface area contributed by atoms with E-state index < -0.39 is 5.41 Å². The van der Waals surface area contributed by atoms with Crippen LogP contribution in [0.15, 0.2) is 0 Å². The van der Waals surface area contributed by atoms with Gasteiger partial charge >= 0.3 is 0 Å². The molecule has 0 saturated carbocycles. The van der Waals surface area contributed by atoms with Gasteiger partial charge in [0.1, 0.15) is 0 Å². The number of nitrogens with one attached hydrogen (secondary N) is 1. The van der Waals surface area contributed by atoms with Crippen LogP contribution in [0.25, 0.3) is 0 Å². The van der Waals surface area contributed by atoms with Crippen LogP contribution in [-0.4, -0.2) is 26.1 Å². The number of carbonyl (C=O) groups excluding carboxylic acids is 1. The number of hydrogen-bond donors (Lipinski definition) is 1. The number of carbonyl (C=O) groups is 1. The Kier molecular flexibility index (Phi) is 2.31. The number of aryl methyl sites for hydroxylation is 1. The third-order valence-electron chi connectivity index (χ3n) is 1.41. The van der Waals surface area contributed by atoms with Gasteiger partial charge < -0.3 is 0 Å². The topological polar surface area (TPSA) is 72.7 Å². The van der Waals surface area contributed by atoms with Crippen molar-refractivity contribution in [1.29, 1.82) is 0 Å². The summed E-state index contributed by atoms with van der Waals surface area (Å²) >= 11 is 0. The van der Waals surface area contributed by atoms with Gasteiger partial charge in [0.25, 0.3) is 5.95 Å². The van der Waals surface area contributed by atoms with E-state index in [1.54, 1.807) is 7.05 Å². The summed E-state index contributed by atoms with van der Waals surface area (Å²) in [6, 6.07) is 0. The van der Waals surface area contributed by atoms with Crippen LogP contribution in [0.5, 0.6) is 0 Å². The molecule has 0 fully saturated rings. The highest BCUT2D eigenvalue weighted by Gasteiger charge is 2.22. The Morgan fingerprint density at radius 1 is 1.46 bits per heavy atom. The zero-order valence-corrected chi connectivity index (χ0v) is 8.20. The SMILES string of the molecule is Cn1nnc(NC(=O)C(C)(C)C)n1. The average molecular weight is 183 g/mol. The molecule has 0 saturated heterocycles. The van der Waals surface area contributed by atoms with Crippen LogP contribution in [0.1, 0.15) is 20.8 Å². The van der Waals surface area contributed by atoms with Gasteiger partial charge in [0.05, 0.1) is 7.05 Å². The summed E-state index contributed by atoms with van der Waals surface area (Å²) in [5.74, 6) is 0.114. The maximum absolute atomic E-state index is 11.4. The number of amides is 1. The number of tetrazole rings is 1. The summed E-state index contributed by atoms with van der Waals surface area (Å²) in [6.07, 6.45) is 0. The van der Waals surface area contributed by atoms with Crippen LogP contribution in [0.4, 0.5) is 5.95 Å². The van der Waals surface area contributed by atoms with Crippen molar-refractivity contribution in [2.75, 3.05) is 5.32 Å². The molecule has 1 aromatic rings. The molecule has 1 amide bonds. The molecule has 1 N–H and O–H groups in total. The Hall–Kier alpha value is -1.46. The standard InChI is InChI=1S/C7H13N5O/c1-7(2,3)5(13)8-6-9-11-12(4)10-6/h1-4H3,(H,8,10,13). The lowest BCUT2D eigenvalue weighted by atomic mass is 9.96. The fourth-order valence-electron chi connectivity index (χ4n) is 0.623. The van der Waals surface area contributed by atoms with Crippen LogP contribution in [0, 0.1) is 5.41 Å². The minimum atomic E-state index is -0.445. The summed E-state index contributed by atoms with van der Waals surface area (Å²) in [4.78, 5) is 12.7. The molecule has 0 unspecified atom stereocenters. The Bertz CT molecular complexity index is 311. The van der Waals surface area contributed by atoms with Crippen molar-refractivity contribution in [3.8, 4) is 0 Å². The maximum atomic E-state index is 11.4. The zero-order valence-electron chi connectivity index (χ0n) is 8.20. The number of anilines is 1. The van der Waals surface area contributed by atoms with Gasteiger partial charge in [-0.2, -0.15) is 4.80 Å². The minimum Gasteiger partial charge on any atom is -0.291 e. The fourth-order valence-corrected chi connectivity index (χ4v) is 0.623. The predicted octanol–water partition coefficient (Wildman–Crippen LogP) is 0.195. The second-order valence-electron chi connectivity index (χ2n) is 3.81. The van der Waals surface area contributed by atoms with E-state index in [0.717, 1.165) is 0 Å². The molecule has 0 spiro atoms. The molecule has 0 aliphatic heterocycles. The summed E-state index contributed by atoms with van der Waals surface area (Å²) in [5, 5.41) is 13.6. The van der Waals surface area contributed by atoms with Gasteiger partial charge in [-0.1, -0.05) is 25.9 Å². The number of rotatable bonds is 1. The molecule has 6 heteroatoms. The summed E-state index contributed by atoms with van der Waals surface area (Å²) < 4.78 is 0. The Labute approximate surface area is 76.3 Å². The second kappa shape index (κ2) is 3.12. The highest BCUT2D eigenvalue weighted by atomic mass is 16.2. The molecule has 0 aromatic carbocycles. The van der Waals surface area contributed by atoms with Gasteiger partial charge in [0.15, 0.2) is 0 Å². The predicted molar refractivity (Wildman–Crippen MR) is 46.9 cm³/mol. The Morgan fingerprint density at radius 2 is 2.08 bits per heavy atom. The van der Waals surface area contributed by atoms with Gasteiger partial charge in [0, 0.05) is 5.41 Å². The van der Waals surface area contributed by atoms with E-state index >= 15 is 0 Å². The molecule has 0 bridgehead atoms. The number of aromatic nitrogens is 4. The van der Waals surface area contributed by atoms with Gasteiger partial charge in [-0.15, -0.1) is 5.10 Å². The molecular weight excluding hydrogens is 170 g/mol. The van der Waals surface area contributed by atoms with Crippen molar-refractivity contribution in [3.63, 3.8) is 0 Å². The van der Waals surface area contributed by atoms with Crippen LogP contribution in [0.3, 0.4) is 0 Å². The zero-order chi connectivity index (χ0) is 10.1. The van der Waals surface area contributed by atoms with Crippen LogP contribution in [-0.2, 0) is 11.8 Å². The van der Waals surface area contributed by atoms with Crippen molar-refractivity contribution >= 4 is 11.9 Å². The molecule has 0 aliphatic rings. The third kappa shape index (κ3) is 2.50. The second-order valence-corrected chi connectivity index (χ2v) is 3.81. The smallest absolute Gasteiger partial charge is 0.270 e. The van der Waals surface area contributed by atoms with E-state index in [1.165, 1.54) is 4.80 Å². The van der Waals surface area contributed by atoms with E-state index in [2.05, 4.69) is 20.7 Å². The molecule has 72 valence electrons. The first-order chi connectivity index (χ1) is 5.89. The quantitative estimate of drug-likeness (QED) is 0.674. The van der Waals surface area contributed by atoms with Crippen molar-refractivity contribution in [3.05, 3.63) is 0 Å². The van der Waals surface area contributed by atoms with E-state index in [4.69, 9.17) is 0 Å². The molecule has 6 nitrogen and oxygen atoms in total. The minimum absolute atomic E-state index is 0.125. The van der Waals surface area contributed by atoms with E-state index in [1.807, 2.05) is 20.8 Å². The Morgan fingerprint density at radius 3 is 2.46 bits per heavy atom. The molecule has 0 radical (unpaired) electrons. The Balaban J connectivity index is 2.65. The highest BCUT2D eigenvalue weighted by Crippen LogP contribution is 2.14. The highest BCUT2D eigenvalue weighted by molar-refractivity contribution is 5.92. The maximum Gasteiger partial charge on any atom is 0.270 e. The first kappa shape index (κ1) is 9.63. The van der Waals surface area contributed by atoms with Crippen molar-refractivity contribution in [2.24, 2.45) is 12.5 Å². The average Bonchev–Trinajstić information content (AvgIpc) is 2.33. The lowest BCUT2D eigenvalue weighted by Crippen LogP contribution is -2.28. The van der Waals surface area contributed by atoms with Gasteiger partial charge in [-0.05, 0) is 5.21 Å². The summed E-state index contributed by atoms with van der Waals surface area (Å²) in [5.41, 5.74) is -0.445. The fraction of sp³-hybridized carbons (Fsp3) is 0.714. The van der Waals surface area contributed by atoms with Crippen molar-refractivity contribution < 1.29 is 4.79 Å². The largest absolute Gasteiger partial charge is 0.291 e. The first-order valence-corrected chi connectivity index (χ1v) is 3.95. The summed E-state index contributed by atoms with van der Waals surface area (Å²) in [7, 11) is 1.64. The monoisotopic (exact) mass is 183 g/mol. The molecule has 1 rings (SSSR count). The van der Waals surface area contributed by atoms with E-state index in [-0.39, 0.29) is 11.9 Å². The van der Waals surface area contributed by atoms with Crippen LogP contribution in [0.2, 0.25) is 0 Å². The molecule has 1 heterocycles. The number of hydrogen-bond acceptors (Lipinski definition) is 4. The van der Waals surface area contributed by atoms with Gasteiger partial charge in [0.2, 0.25) is 5.91 Å². The normalized spacial score (nSPS) is 11.4. The van der Waals surface area contributed by atoms with Crippen LogP contribution >= 0.6 is 0 Å². The molecule has 0 aliphatic carbocycles. The van der Waals surface area contributed by atoms with Crippen LogP contribution < -0.4 is 5.32 Å². The first-order valence-electron chi connectivity index (χ1n) is 3.95. The molecule has 13 heavy (non-hydrogen) atoms. The van der Waals surface area contributed by atoms with Crippen molar-refractivity contribution in [1.82, 2.24) is 20.2 Å².